The van der Waals surface area contributed by atoms with Crippen molar-refractivity contribution in [3.05, 3.63) is 28.8 Å². The van der Waals surface area contributed by atoms with Crippen LogP contribution in [-0.2, 0) is 0 Å². The molecule has 118 valence electrons. The van der Waals surface area contributed by atoms with Crippen molar-refractivity contribution in [1.82, 2.24) is 5.32 Å². The monoisotopic (exact) mass is 307 g/mol. The third-order valence-electron chi connectivity index (χ3n) is 4.55. The van der Waals surface area contributed by atoms with Gasteiger partial charge < -0.3 is 10.1 Å². The van der Waals surface area contributed by atoms with Gasteiger partial charge in [-0.25, -0.2) is 0 Å². The molecule has 2 unspecified atom stereocenters. The minimum atomic E-state index is 0.307. The van der Waals surface area contributed by atoms with Crippen molar-refractivity contribution in [1.29, 1.82) is 0 Å². The molecule has 0 amide bonds. The van der Waals surface area contributed by atoms with Gasteiger partial charge in [0.2, 0.25) is 0 Å². The normalized spacial score (nSPS) is 23.3. The van der Waals surface area contributed by atoms with E-state index >= 15 is 0 Å². The van der Waals surface area contributed by atoms with E-state index in [9.17, 15) is 0 Å². The van der Waals surface area contributed by atoms with Gasteiger partial charge in [-0.05, 0) is 75.1 Å². The van der Waals surface area contributed by atoms with E-state index in [1.54, 1.807) is 7.11 Å². The highest BCUT2D eigenvalue weighted by Crippen LogP contribution is 2.47. The SMILES string of the molecule is CCCNC(c1cc(C)c(OC)cc1C)C1(C)CCCS1. The van der Waals surface area contributed by atoms with Gasteiger partial charge in [0.15, 0.2) is 0 Å². The molecule has 1 aromatic rings. The standard InChI is InChI=1S/C18H29NOS/c1-6-9-19-17(18(4)8-7-10-21-18)15-11-14(3)16(20-5)12-13(15)2/h11-12,17,19H,6-10H2,1-5H3. The second-order valence-electron chi connectivity index (χ2n) is 6.33. The van der Waals surface area contributed by atoms with Crippen molar-refractivity contribution in [3.63, 3.8) is 0 Å². The second-order valence-corrected chi connectivity index (χ2v) is 7.96. The number of hydrogen-bond acceptors (Lipinski definition) is 3. The summed E-state index contributed by atoms with van der Waals surface area (Å²) in [6.07, 6.45) is 3.80. The van der Waals surface area contributed by atoms with Gasteiger partial charge >= 0.3 is 0 Å². The summed E-state index contributed by atoms with van der Waals surface area (Å²) in [6, 6.07) is 4.94. The molecule has 0 aromatic heterocycles. The molecule has 0 bridgehead atoms. The zero-order valence-corrected chi connectivity index (χ0v) is 14.9. The number of benzene rings is 1. The van der Waals surface area contributed by atoms with E-state index < -0.39 is 0 Å². The van der Waals surface area contributed by atoms with Gasteiger partial charge in [-0.1, -0.05) is 13.0 Å². The summed E-state index contributed by atoms with van der Waals surface area (Å²) in [6.45, 7) is 10.1. The van der Waals surface area contributed by atoms with E-state index in [0.717, 1.165) is 12.3 Å². The molecule has 2 nitrogen and oxygen atoms in total. The Morgan fingerprint density at radius 3 is 2.67 bits per heavy atom. The number of hydrogen-bond donors (Lipinski definition) is 1. The molecule has 0 saturated carbocycles. The highest BCUT2D eigenvalue weighted by atomic mass is 32.2. The lowest BCUT2D eigenvalue weighted by molar-refractivity contribution is 0.402. The number of rotatable bonds is 6. The van der Waals surface area contributed by atoms with Crippen LogP contribution in [0.25, 0.3) is 0 Å². The molecule has 1 saturated heterocycles. The molecule has 21 heavy (non-hydrogen) atoms. The topological polar surface area (TPSA) is 21.3 Å². The zero-order chi connectivity index (χ0) is 15.5. The summed E-state index contributed by atoms with van der Waals surface area (Å²) in [7, 11) is 1.75. The Morgan fingerprint density at radius 2 is 2.10 bits per heavy atom. The van der Waals surface area contributed by atoms with Crippen LogP contribution in [0.15, 0.2) is 12.1 Å². The van der Waals surface area contributed by atoms with Crippen LogP contribution in [0.5, 0.6) is 5.75 Å². The smallest absolute Gasteiger partial charge is 0.122 e. The Hall–Kier alpha value is -0.670. The molecule has 1 N–H and O–H groups in total. The van der Waals surface area contributed by atoms with Gasteiger partial charge in [0.25, 0.3) is 0 Å². The van der Waals surface area contributed by atoms with Crippen molar-refractivity contribution in [2.75, 3.05) is 19.4 Å². The van der Waals surface area contributed by atoms with Gasteiger partial charge in [-0.15, -0.1) is 0 Å². The third-order valence-corrected chi connectivity index (χ3v) is 6.15. The Labute approximate surface area is 134 Å². The molecule has 0 aliphatic carbocycles. The van der Waals surface area contributed by atoms with Crippen molar-refractivity contribution in [2.45, 2.75) is 57.7 Å². The number of methoxy groups -OCH3 is 1. The van der Waals surface area contributed by atoms with Crippen molar-refractivity contribution < 1.29 is 4.74 Å². The first-order valence-corrected chi connectivity index (χ1v) is 9.03. The summed E-state index contributed by atoms with van der Waals surface area (Å²) in [5, 5.41) is 3.81. The van der Waals surface area contributed by atoms with E-state index in [1.807, 2.05) is 0 Å². The van der Waals surface area contributed by atoms with Gasteiger partial charge in [-0.2, -0.15) is 11.8 Å². The largest absolute Gasteiger partial charge is 0.496 e. The summed E-state index contributed by atoms with van der Waals surface area (Å²) in [5.74, 6) is 2.28. The van der Waals surface area contributed by atoms with E-state index in [4.69, 9.17) is 4.74 Å². The fourth-order valence-corrected chi connectivity index (χ4v) is 4.74. The van der Waals surface area contributed by atoms with Crippen LogP contribution >= 0.6 is 11.8 Å². The summed E-state index contributed by atoms with van der Waals surface area (Å²) in [5.41, 5.74) is 4.01. The Kier molecular flexibility index (Phi) is 5.61. The molecule has 2 atom stereocenters. The minimum Gasteiger partial charge on any atom is -0.496 e. The molecule has 1 aromatic carbocycles. The Bertz CT molecular complexity index is 480. The zero-order valence-electron chi connectivity index (χ0n) is 14.1. The average molecular weight is 308 g/mol. The molecular weight excluding hydrogens is 278 g/mol. The minimum absolute atomic E-state index is 0.307. The fourth-order valence-electron chi connectivity index (χ4n) is 3.31. The van der Waals surface area contributed by atoms with Crippen LogP contribution in [0.1, 0.15) is 55.8 Å². The number of ether oxygens (including phenoxy) is 1. The lowest BCUT2D eigenvalue weighted by Gasteiger charge is -2.36. The first-order chi connectivity index (χ1) is 10.0. The lowest BCUT2D eigenvalue weighted by Crippen LogP contribution is -2.38. The van der Waals surface area contributed by atoms with Crippen molar-refractivity contribution in [2.24, 2.45) is 0 Å². The van der Waals surface area contributed by atoms with Gasteiger partial charge in [-0.3, -0.25) is 0 Å². The van der Waals surface area contributed by atoms with E-state index in [-0.39, 0.29) is 0 Å². The molecule has 0 radical (unpaired) electrons. The molecule has 1 aliphatic rings. The summed E-state index contributed by atoms with van der Waals surface area (Å²) in [4.78, 5) is 0. The first-order valence-electron chi connectivity index (χ1n) is 8.04. The van der Waals surface area contributed by atoms with Crippen molar-refractivity contribution >= 4 is 11.8 Å². The number of aryl methyl sites for hydroxylation is 2. The molecule has 2 rings (SSSR count). The van der Waals surface area contributed by atoms with Crippen LogP contribution < -0.4 is 10.1 Å². The maximum absolute atomic E-state index is 5.47. The van der Waals surface area contributed by atoms with Gasteiger partial charge in [0.1, 0.15) is 5.75 Å². The van der Waals surface area contributed by atoms with Crippen molar-refractivity contribution in [3.8, 4) is 5.75 Å². The fraction of sp³-hybridized carbons (Fsp3) is 0.667. The maximum Gasteiger partial charge on any atom is 0.122 e. The maximum atomic E-state index is 5.47. The average Bonchev–Trinajstić information content (AvgIpc) is 2.90. The van der Waals surface area contributed by atoms with Crippen LogP contribution in [0.2, 0.25) is 0 Å². The van der Waals surface area contributed by atoms with Crippen LogP contribution in [-0.4, -0.2) is 24.2 Å². The van der Waals surface area contributed by atoms with Gasteiger partial charge in [0.05, 0.1) is 7.11 Å². The van der Waals surface area contributed by atoms with E-state index in [2.05, 4.69) is 56.9 Å². The Balaban J connectivity index is 2.38. The molecule has 0 spiro atoms. The van der Waals surface area contributed by atoms with E-state index in [1.165, 1.54) is 41.7 Å². The molecule has 1 fully saturated rings. The highest BCUT2D eigenvalue weighted by molar-refractivity contribution is 8.00. The van der Waals surface area contributed by atoms with Gasteiger partial charge in [0, 0.05) is 10.8 Å². The molecule has 1 heterocycles. The Morgan fingerprint density at radius 1 is 1.33 bits per heavy atom. The van der Waals surface area contributed by atoms with E-state index in [0.29, 0.717) is 10.8 Å². The molecular formula is C18H29NOS. The lowest BCUT2D eigenvalue weighted by atomic mass is 9.87. The highest BCUT2D eigenvalue weighted by Gasteiger charge is 2.39. The first kappa shape index (κ1) is 16.7. The van der Waals surface area contributed by atoms with Crippen LogP contribution in [0.4, 0.5) is 0 Å². The quantitative estimate of drug-likeness (QED) is 0.827. The predicted molar refractivity (Wildman–Crippen MR) is 93.6 cm³/mol. The molecule has 3 heteroatoms. The number of nitrogens with one attached hydrogen (secondary N) is 1. The number of thioether (sulfide) groups is 1. The predicted octanol–water partition coefficient (Wildman–Crippen LogP) is 4.64. The van der Waals surface area contributed by atoms with Crippen LogP contribution in [0, 0.1) is 13.8 Å². The molecule has 1 aliphatic heterocycles. The summed E-state index contributed by atoms with van der Waals surface area (Å²) < 4.78 is 5.77. The van der Waals surface area contributed by atoms with Crippen LogP contribution in [0.3, 0.4) is 0 Å². The second kappa shape index (κ2) is 7.06. The summed E-state index contributed by atoms with van der Waals surface area (Å²) >= 11 is 2.13. The third kappa shape index (κ3) is 3.57.